The molecule has 0 radical (unpaired) electrons. The monoisotopic (exact) mass is 292 g/mol. The predicted molar refractivity (Wildman–Crippen MR) is 90.5 cm³/mol. The second kappa shape index (κ2) is 6.23. The van der Waals surface area contributed by atoms with Crippen molar-refractivity contribution in [3.05, 3.63) is 71.8 Å². The molecule has 4 rings (SSSR count). The molecule has 114 valence electrons. The molecule has 0 spiro atoms. The smallest absolute Gasteiger partial charge is 0.0240 e. The minimum atomic E-state index is 0.739. The Morgan fingerprint density at radius 1 is 0.682 bits per heavy atom. The van der Waals surface area contributed by atoms with Crippen molar-refractivity contribution in [2.75, 3.05) is 13.1 Å². The first-order chi connectivity index (χ1) is 10.9. The summed E-state index contributed by atoms with van der Waals surface area (Å²) in [6.07, 6.45) is 2.73. The molecule has 2 aromatic carbocycles. The van der Waals surface area contributed by atoms with E-state index in [0.29, 0.717) is 0 Å². The number of fused-ring (bicyclic) bond motifs is 2. The molecule has 2 saturated heterocycles. The van der Waals surface area contributed by atoms with Crippen molar-refractivity contribution in [2.24, 2.45) is 0 Å². The van der Waals surface area contributed by atoms with Crippen LogP contribution in [0.25, 0.3) is 0 Å². The lowest BCUT2D eigenvalue weighted by Gasteiger charge is -2.41. The van der Waals surface area contributed by atoms with Crippen molar-refractivity contribution in [1.29, 1.82) is 0 Å². The number of rotatable bonds is 4. The van der Waals surface area contributed by atoms with E-state index in [9.17, 15) is 0 Å². The van der Waals surface area contributed by atoms with Gasteiger partial charge in [-0.1, -0.05) is 60.7 Å². The van der Waals surface area contributed by atoms with Crippen molar-refractivity contribution < 1.29 is 0 Å². The molecule has 0 saturated carbocycles. The predicted octanol–water partition coefficient (Wildman–Crippen LogP) is 3.54. The van der Waals surface area contributed by atoms with Gasteiger partial charge in [0.15, 0.2) is 0 Å². The fourth-order valence-electron chi connectivity index (χ4n) is 4.10. The number of nitrogens with zero attached hydrogens (tertiary/aromatic N) is 2. The zero-order chi connectivity index (χ0) is 14.8. The minimum absolute atomic E-state index is 0.739. The molecule has 2 nitrogen and oxygen atoms in total. The number of hydrogen-bond donors (Lipinski definition) is 0. The van der Waals surface area contributed by atoms with Crippen LogP contribution in [0.15, 0.2) is 60.7 Å². The largest absolute Gasteiger partial charge is 0.296 e. The molecule has 22 heavy (non-hydrogen) atoms. The first kappa shape index (κ1) is 14.0. The van der Waals surface area contributed by atoms with Crippen molar-refractivity contribution in [2.45, 2.75) is 38.0 Å². The molecular weight excluding hydrogens is 268 g/mol. The molecule has 2 atom stereocenters. The van der Waals surface area contributed by atoms with Crippen molar-refractivity contribution in [3.63, 3.8) is 0 Å². The van der Waals surface area contributed by atoms with Gasteiger partial charge in [0.25, 0.3) is 0 Å². The SMILES string of the molecule is c1ccc(CN2C[C@H]3CC[C@@H](C2)N3Cc2ccccc2)cc1. The minimum Gasteiger partial charge on any atom is -0.296 e. The Morgan fingerprint density at radius 3 is 1.73 bits per heavy atom. The Kier molecular flexibility index (Phi) is 3.96. The number of piperazine rings is 1. The number of likely N-dealkylation sites (tertiary alicyclic amines) is 1. The van der Waals surface area contributed by atoms with Gasteiger partial charge in [-0.25, -0.2) is 0 Å². The van der Waals surface area contributed by atoms with Gasteiger partial charge in [-0.15, -0.1) is 0 Å². The van der Waals surface area contributed by atoms with Crippen LogP contribution >= 0.6 is 0 Å². The lowest BCUT2D eigenvalue weighted by atomic mass is 10.1. The van der Waals surface area contributed by atoms with Crippen molar-refractivity contribution in [1.82, 2.24) is 9.80 Å². The highest BCUT2D eigenvalue weighted by Gasteiger charge is 2.39. The maximum atomic E-state index is 2.75. The van der Waals surface area contributed by atoms with Gasteiger partial charge in [-0.2, -0.15) is 0 Å². The fraction of sp³-hybridized carbons (Fsp3) is 0.400. The summed E-state index contributed by atoms with van der Waals surface area (Å²) in [5.74, 6) is 0. The Hall–Kier alpha value is -1.64. The van der Waals surface area contributed by atoms with Gasteiger partial charge in [-0.3, -0.25) is 9.80 Å². The van der Waals surface area contributed by atoms with E-state index in [-0.39, 0.29) is 0 Å². The molecule has 2 heterocycles. The lowest BCUT2D eigenvalue weighted by Crippen LogP contribution is -2.52. The van der Waals surface area contributed by atoms with Crippen LogP contribution in [0.1, 0.15) is 24.0 Å². The number of benzene rings is 2. The van der Waals surface area contributed by atoms with E-state index >= 15 is 0 Å². The third-order valence-electron chi connectivity index (χ3n) is 5.17. The lowest BCUT2D eigenvalue weighted by molar-refractivity contribution is 0.0567. The highest BCUT2D eigenvalue weighted by Crippen LogP contribution is 2.32. The normalized spacial score (nSPS) is 25.5. The maximum absolute atomic E-state index is 2.75. The third-order valence-corrected chi connectivity index (χ3v) is 5.17. The van der Waals surface area contributed by atoms with E-state index < -0.39 is 0 Å². The molecule has 0 N–H and O–H groups in total. The summed E-state index contributed by atoms with van der Waals surface area (Å²) in [4.78, 5) is 5.40. The summed E-state index contributed by atoms with van der Waals surface area (Å²) in [6, 6.07) is 23.3. The number of hydrogen-bond acceptors (Lipinski definition) is 2. The van der Waals surface area contributed by atoms with E-state index in [1.54, 1.807) is 0 Å². The quantitative estimate of drug-likeness (QED) is 0.850. The summed E-state index contributed by atoms with van der Waals surface area (Å²) in [5, 5.41) is 0. The molecule has 0 aromatic heterocycles. The summed E-state index contributed by atoms with van der Waals surface area (Å²) in [5.41, 5.74) is 2.90. The summed E-state index contributed by atoms with van der Waals surface area (Å²) in [6.45, 7) is 4.67. The Bertz CT molecular complexity index is 582. The van der Waals surface area contributed by atoms with Crippen LogP contribution in [0.3, 0.4) is 0 Å². The van der Waals surface area contributed by atoms with Crippen LogP contribution in [-0.2, 0) is 13.1 Å². The van der Waals surface area contributed by atoms with Crippen LogP contribution < -0.4 is 0 Å². The Labute approximate surface area is 133 Å². The average Bonchev–Trinajstić information content (AvgIpc) is 2.80. The van der Waals surface area contributed by atoms with Gasteiger partial charge in [-0.05, 0) is 24.0 Å². The summed E-state index contributed by atoms with van der Waals surface area (Å²) >= 11 is 0. The zero-order valence-corrected chi connectivity index (χ0v) is 13.1. The molecule has 0 aliphatic carbocycles. The molecule has 2 fully saturated rings. The van der Waals surface area contributed by atoms with E-state index in [1.807, 2.05) is 0 Å². The Balaban J connectivity index is 1.41. The molecule has 0 unspecified atom stereocenters. The Morgan fingerprint density at radius 2 is 1.18 bits per heavy atom. The second-order valence-corrected chi connectivity index (χ2v) is 6.72. The standard InChI is InChI=1S/C20H24N2/c1-3-7-17(8-4-1)13-21-15-19-11-12-20(16-21)22(19)14-18-9-5-2-6-10-18/h1-10,19-20H,11-16H2/t19-,20+. The second-order valence-electron chi connectivity index (χ2n) is 6.72. The van der Waals surface area contributed by atoms with Gasteiger partial charge in [0, 0.05) is 38.3 Å². The van der Waals surface area contributed by atoms with Crippen LogP contribution in [0.4, 0.5) is 0 Å². The first-order valence-electron chi connectivity index (χ1n) is 8.44. The maximum Gasteiger partial charge on any atom is 0.0240 e. The van der Waals surface area contributed by atoms with Gasteiger partial charge in [0.2, 0.25) is 0 Å². The van der Waals surface area contributed by atoms with Gasteiger partial charge in [0.05, 0.1) is 0 Å². The van der Waals surface area contributed by atoms with E-state index in [0.717, 1.165) is 25.2 Å². The fourth-order valence-corrected chi connectivity index (χ4v) is 4.10. The van der Waals surface area contributed by atoms with Crippen LogP contribution in [0.5, 0.6) is 0 Å². The van der Waals surface area contributed by atoms with Crippen LogP contribution in [0, 0.1) is 0 Å². The summed E-state index contributed by atoms with van der Waals surface area (Å²) < 4.78 is 0. The first-order valence-corrected chi connectivity index (χ1v) is 8.44. The molecule has 2 aromatic rings. The van der Waals surface area contributed by atoms with Crippen molar-refractivity contribution >= 4 is 0 Å². The highest BCUT2D eigenvalue weighted by atomic mass is 15.3. The van der Waals surface area contributed by atoms with Gasteiger partial charge >= 0.3 is 0 Å². The average molecular weight is 292 g/mol. The van der Waals surface area contributed by atoms with Gasteiger partial charge < -0.3 is 0 Å². The molecule has 0 amide bonds. The molecule has 2 heteroatoms. The van der Waals surface area contributed by atoms with Crippen LogP contribution in [0.2, 0.25) is 0 Å². The van der Waals surface area contributed by atoms with Crippen molar-refractivity contribution in [3.8, 4) is 0 Å². The van der Waals surface area contributed by atoms with E-state index in [1.165, 1.54) is 37.1 Å². The molecule has 2 aliphatic rings. The van der Waals surface area contributed by atoms with Gasteiger partial charge in [0.1, 0.15) is 0 Å². The topological polar surface area (TPSA) is 6.48 Å². The zero-order valence-electron chi connectivity index (χ0n) is 13.1. The molecular formula is C20H24N2. The van der Waals surface area contributed by atoms with E-state index in [4.69, 9.17) is 0 Å². The van der Waals surface area contributed by atoms with Crippen LogP contribution in [-0.4, -0.2) is 35.0 Å². The highest BCUT2D eigenvalue weighted by molar-refractivity contribution is 5.17. The van der Waals surface area contributed by atoms with E-state index in [2.05, 4.69) is 70.5 Å². The molecule has 2 bridgehead atoms. The summed E-state index contributed by atoms with van der Waals surface area (Å²) in [7, 11) is 0. The molecule has 2 aliphatic heterocycles. The third kappa shape index (κ3) is 2.94.